The highest BCUT2D eigenvalue weighted by molar-refractivity contribution is 9.11. The first-order valence-corrected chi connectivity index (χ1v) is 9.39. The van der Waals surface area contributed by atoms with Crippen molar-refractivity contribution in [1.82, 2.24) is 4.31 Å². The number of rotatable bonds is 3. The number of halogens is 1. The Morgan fingerprint density at radius 1 is 1.47 bits per heavy atom. The number of piperidine rings is 1. The van der Waals surface area contributed by atoms with E-state index in [0.29, 0.717) is 23.2 Å². The Balaban J connectivity index is 2.14. The number of nitrogens with two attached hydrogens (primary N) is 1. The lowest BCUT2D eigenvalue weighted by molar-refractivity contribution is 0.251. The summed E-state index contributed by atoms with van der Waals surface area (Å²) in [6.07, 6.45) is 1.70. The lowest BCUT2D eigenvalue weighted by atomic mass is 9.92. The van der Waals surface area contributed by atoms with Gasteiger partial charge in [0.1, 0.15) is 4.21 Å². The summed E-state index contributed by atoms with van der Waals surface area (Å²) in [5.41, 5.74) is 6.85. The molecule has 0 radical (unpaired) electrons. The summed E-state index contributed by atoms with van der Waals surface area (Å²) in [6.45, 7) is 5.04. The van der Waals surface area contributed by atoms with Crippen LogP contribution < -0.4 is 5.73 Å². The molecular weight excluding hydrogens is 348 g/mol. The van der Waals surface area contributed by atoms with Crippen molar-refractivity contribution in [3.05, 3.63) is 15.4 Å². The van der Waals surface area contributed by atoms with Gasteiger partial charge in [-0.2, -0.15) is 4.31 Å². The van der Waals surface area contributed by atoms with Gasteiger partial charge in [-0.3, -0.25) is 0 Å². The van der Waals surface area contributed by atoms with E-state index in [4.69, 9.17) is 5.73 Å². The Morgan fingerprint density at radius 3 is 2.47 bits per heavy atom. The van der Waals surface area contributed by atoms with Gasteiger partial charge in [-0.15, -0.1) is 11.3 Å². The number of hydrogen-bond donors (Lipinski definition) is 1. The van der Waals surface area contributed by atoms with Crippen LogP contribution in [0.15, 0.2) is 14.1 Å². The third kappa shape index (κ3) is 3.21. The van der Waals surface area contributed by atoms with E-state index in [9.17, 15) is 8.42 Å². The molecule has 1 unspecified atom stereocenters. The zero-order valence-electron chi connectivity index (χ0n) is 11.1. The minimum Gasteiger partial charge on any atom is -0.328 e. The maximum Gasteiger partial charge on any atom is 0.252 e. The van der Waals surface area contributed by atoms with E-state index in [1.54, 1.807) is 10.4 Å². The van der Waals surface area contributed by atoms with Crippen molar-refractivity contribution in [2.24, 2.45) is 11.7 Å². The first-order chi connectivity index (χ1) is 8.82. The molecular formula is C12H19BrN2O2S2. The topological polar surface area (TPSA) is 63.4 Å². The molecule has 108 valence electrons. The summed E-state index contributed by atoms with van der Waals surface area (Å²) >= 11 is 4.66. The van der Waals surface area contributed by atoms with E-state index in [-0.39, 0.29) is 6.04 Å². The van der Waals surface area contributed by atoms with E-state index >= 15 is 0 Å². The van der Waals surface area contributed by atoms with Crippen LogP contribution in [0.1, 0.15) is 25.3 Å². The lowest BCUT2D eigenvalue weighted by Gasteiger charge is -2.32. The molecule has 19 heavy (non-hydrogen) atoms. The third-order valence-corrected chi connectivity index (χ3v) is 8.16. The molecule has 2 heterocycles. The van der Waals surface area contributed by atoms with E-state index < -0.39 is 10.0 Å². The van der Waals surface area contributed by atoms with Crippen LogP contribution in [0.25, 0.3) is 0 Å². The molecule has 0 aromatic carbocycles. The zero-order valence-corrected chi connectivity index (χ0v) is 14.3. The molecule has 1 aromatic heterocycles. The summed E-state index contributed by atoms with van der Waals surface area (Å²) < 4.78 is 27.9. The van der Waals surface area contributed by atoms with E-state index in [1.807, 2.05) is 13.8 Å². The second kappa shape index (κ2) is 5.81. The van der Waals surface area contributed by atoms with Gasteiger partial charge in [0.2, 0.25) is 0 Å². The van der Waals surface area contributed by atoms with Gasteiger partial charge in [-0.25, -0.2) is 8.42 Å². The van der Waals surface area contributed by atoms with Gasteiger partial charge in [0.05, 0.1) is 3.79 Å². The standard InChI is InChI=1S/C12H19BrN2O2S2/c1-8-7-11(18-12(8)13)19(16,17)15-5-3-10(4-6-15)9(2)14/h7,9-10H,3-6,14H2,1-2H3. The molecule has 0 saturated carbocycles. The average Bonchev–Trinajstić information content (AvgIpc) is 2.70. The SMILES string of the molecule is Cc1cc(S(=O)(=O)N2CCC(C(C)N)CC2)sc1Br. The van der Waals surface area contributed by atoms with Crippen molar-refractivity contribution in [3.63, 3.8) is 0 Å². The molecule has 1 atom stereocenters. The minimum absolute atomic E-state index is 0.142. The predicted molar refractivity (Wildman–Crippen MR) is 81.9 cm³/mol. The average molecular weight is 367 g/mol. The molecule has 0 aliphatic carbocycles. The highest BCUT2D eigenvalue weighted by Crippen LogP contribution is 2.33. The second-order valence-electron chi connectivity index (χ2n) is 5.12. The molecule has 2 rings (SSSR count). The fourth-order valence-corrected chi connectivity index (χ4v) is 6.18. The van der Waals surface area contributed by atoms with Gasteiger partial charge in [0, 0.05) is 19.1 Å². The third-order valence-electron chi connectivity index (χ3n) is 3.67. The fourth-order valence-electron chi connectivity index (χ4n) is 2.33. The van der Waals surface area contributed by atoms with Crippen molar-refractivity contribution >= 4 is 37.3 Å². The van der Waals surface area contributed by atoms with E-state index in [2.05, 4.69) is 15.9 Å². The minimum atomic E-state index is -3.33. The first-order valence-electron chi connectivity index (χ1n) is 6.34. The van der Waals surface area contributed by atoms with Crippen LogP contribution in [0.4, 0.5) is 0 Å². The lowest BCUT2D eigenvalue weighted by Crippen LogP contribution is -2.42. The summed E-state index contributed by atoms with van der Waals surface area (Å²) in [6, 6.07) is 1.88. The smallest absolute Gasteiger partial charge is 0.252 e. The number of aryl methyl sites for hydroxylation is 1. The second-order valence-corrected chi connectivity index (χ2v) is 9.66. The van der Waals surface area contributed by atoms with Crippen molar-refractivity contribution in [2.75, 3.05) is 13.1 Å². The monoisotopic (exact) mass is 366 g/mol. The number of nitrogens with zero attached hydrogens (tertiary/aromatic N) is 1. The highest BCUT2D eigenvalue weighted by atomic mass is 79.9. The molecule has 1 fully saturated rings. The van der Waals surface area contributed by atoms with Crippen LogP contribution in [0, 0.1) is 12.8 Å². The van der Waals surface area contributed by atoms with Gasteiger partial charge >= 0.3 is 0 Å². The number of thiophene rings is 1. The van der Waals surface area contributed by atoms with Crippen molar-refractivity contribution in [3.8, 4) is 0 Å². The van der Waals surface area contributed by atoms with Gasteiger partial charge in [0.25, 0.3) is 10.0 Å². The molecule has 2 N–H and O–H groups in total. The summed E-state index contributed by atoms with van der Waals surface area (Å²) in [4.78, 5) is 0. The maximum absolute atomic E-state index is 12.5. The van der Waals surface area contributed by atoms with Crippen molar-refractivity contribution in [2.45, 2.75) is 36.9 Å². The Bertz CT molecular complexity index is 527. The van der Waals surface area contributed by atoms with Gasteiger partial charge in [-0.1, -0.05) is 0 Å². The van der Waals surface area contributed by atoms with Crippen LogP contribution in [-0.2, 0) is 10.0 Å². The molecule has 1 aliphatic rings. The Morgan fingerprint density at radius 2 is 2.05 bits per heavy atom. The van der Waals surface area contributed by atoms with Gasteiger partial charge < -0.3 is 5.73 Å². The quantitative estimate of drug-likeness (QED) is 0.893. The number of hydrogen-bond acceptors (Lipinski definition) is 4. The zero-order chi connectivity index (χ0) is 14.2. The van der Waals surface area contributed by atoms with Crippen molar-refractivity contribution < 1.29 is 8.42 Å². The van der Waals surface area contributed by atoms with E-state index in [0.717, 1.165) is 22.2 Å². The molecule has 0 amide bonds. The molecule has 7 heteroatoms. The maximum atomic E-state index is 12.5. The molecule has 4 nitrogen and oxygen atoms in total. The molecule has 1 aromatic rings. The largest absolute Gasteiger partial charge is 0.328 e. The highest BCUT2D eigenvalue weighted by Gasteiger charge is 2.31. The summed E-state index contributed by atoms with van der Waals surface area (Å²) in [7, 11) is -3.33. The van der Waals surface area contributed by atoms with Crippen LogP contribution in [0.2, 0.25) is 0 Å². The van der Waals surface area contributed by atoms with Crippen LogP contribution in [-0.4, -0.2) is 31.9 Å². The Labute approximate surface area is 127 Å². The Kier molecular flexibility index (Phi) is 4.72. The van der Waals surface area contributed by atoms with Crippen LogP contribution >= 0.6 is 27.3 Å². The normalized spacial score (nSPS) is 20.6. The predicted octanol–water partition coefficient (Wildman–Crippen LogP) is 2.57. The molecule has 1 aliphatic heterocycles. The Hall–Kier alpha value is 0.0500. The summed E-state index contributed by atoms with van der Waals surface area (Å²) in [5.74, 6) is 0.434. The van der Waals surface area contributed by atoms with Gasteiger partial charge in [0.15, 0.2) is 0 Å². The van der Waals surface area contributed by atoms with Crippen LogP contribution in [0.5, 0.6) is 0 Å². The molecule has 0 spiro atoms. The fraction of sp³-hybridized carbons (Fsp3) is 0.667. The number of sulfonamides is 1. The van der Waals surface area contributed by atoms with Gasteiger partial charge in [-0.05, 0) is 60.2 Å². The first kappa shape index (κ1) is 15.4. The van der Waals surface area contributed by atoms with Crippen LogP contribution in [0.3, 0.4) is 0 Å². The van der Waals surface area contributed by atoms with Crippen molar-refractivity contribution in [1.29, 1.82) is 0 Å². The molecule has 1 saturated heterocycles. The summed E-state index contributed by atoms with van der Waals surface area (Å²) in [5, 5.41) is 0. The molecule has 0 bridgehead atoms. The van der Waals surface area contributed by atoms with E-state index in [1.165, 1.54) is 11.3 Å².